The number of hydrogen-bond acceptors (Lipinski definition) is 6. The van der Waals surface area contributed by atoms with E-state index in [4.69, 9.17) is 9.05 Å². The minimum absolute atomic E-state index is 0.559. The first-order valence-corrected chi connectivity index (χ1v) is 4.66. The van der Waals surface area contributed by atoms with Crippen molar-refractivity contribution in [2.75, 3.05) is 0 Å². The first-order chi connectivity index (χ1) is 7.24. The summed E-state index contributed by atoms with van der Waals surface area (Å²) in [6.07, 6.45) is 0. The molecule has 6 heteroatoms. The molecular formula is C9H12N4O2. The van der Waals surface area contributed by atoms with Crippen LogP contribution in [0, 0.1) is 13.8 Å². The second kappa shape index (κ2) is 4.22. The predicted octanol–water partition coefficient (Wildman–Crippen LogP) is 0.964. The largest absolute Gasteiger partial charge is 0.361 e. The van der Waals surface area contributed by atoms with Gasteiger partial charge in [-0.3, -0.25) is 0 Å². The van der Waals surface area contributed by atoms with Crippen molar-refractivity contribution in [3.63, 3.8) is 0 Å². The van der Waals surface area contributed by atoms with Crippen molar-refractivity contribution in [1.29, 1.82) is 0 Å². The van der Waals surface area contributed by atoms with Crippen molar-refractivity contribution in [2.24, 2.45) is 0 Å². The lowest BCUT2D eigenvalue weighted by molar-refractivity contribution is 0.382. The van der Waals surface area contributed by atoms with Crippen LogP contribution in [0.15, 0.2) is 15.1 Å². The van der Waals surface area contributed by atoms with Crippen LogP contribution in [0.3, 0.4) is 0 Å². The van der Waals surface area contributed by atoms with Gasteiger partial charge in [-0.2, -0.15) is 4.98 Å². The van der Waals surface area contributed by atoms with Crippen LogP contribution in [0.1, 0.15) is 23.2 Å². The molecule has 6 nitrogen and oxygen atoms in total. The first-order valence-electron chi connectivity index (χ1n) is 4.66. The molecule has 2 rings (SSSR count). The van der Waals surface area contributed by atoms with Crippen LogP contribution in [0.4, 0.5) is 0 Å². The Morgan fingerprint density at radius 3 is 2.67 bits per heavy atom. The average Bonchev–Trinajstić information content (AvgIpc) is 2.76. The third kappa shape index (κ3) is 2.63. The van der Waals surface area contributed by atoms with E-state index in [1.54, 1.807) is 6.92 Å². The monoisotopic (exact) mass is 208 g/mol. The highest BCUT2D eigenvalue weighted by molar-refractivity contribution is 5.03. The number of rotatable bonds is 4. The van der Waals surface area contributed by atoms with Crippen molar-refractivity contribution >= 4 is 0 Å². The van der Waals surface area contributed by atoms with Gasteiger partial charge >= 0.3 is 0 Å². The molecule has 0 amide bonds. The Morgan fingerprint density at radius 1 is 1.20 bits per heavy atom. The number of aryl methyl sites for hydroxylation is 2. The summed E-state index contributed by atoms with van der Waals surface area (Å²) in [4.78, 5) is 4.06. The number of nitrogens with zero attached hydrogens (tertiary/aromatic N) is 3. The lowest BCUT2D eigenvalue weighted by atomic mass is 10.4. The highest BCUT2D eigenvalue weighted by atomic mass is 16.5. The average molecular weight is 208 g/mol. The Balaban J connectivity index is 1.80. The van der Waals surface area contributed by atoms with E-state index in [2.05, 4.69) is 20.6 Å². The van der Waals surface area contributed by atoms with Crippen LogP contribution < -0.4 is 5.32 Å². The molecule has 0 saturated heterocycles. The molecule has 2 aromatic rings. The molecule has 1 N–H and O–H groups in total. The smallest absolute Gasteiger partial charge is 0.223 e. The number of hydrogen-bond donors (Lipinski definition) is 1. The van der Waals surface area contributed by atoms with Gasteiger partial charge in [-0.1, -0.05) is 10.3 Å². The summed E-state index contributed by atoms with van der Waals surface area (Å²) in [7, 11) is 0. The molecule has 15 heavy (non-hydrogen) atoms. The Hall–Kier alpha value is -1.69. The van der Waals surface area contributed by atoms with Gasteiger partial charge in [0.1, 0.15) is 5.76 Å². The molecule has 0 aliphatic rings. The van der Waals surface area contributed by atoms with Gasteiger partial charge in [-0.25, -0.2) is 0 Å². The number of nitrogens with one attached hydrogen (secondary N) is 1. The molecule has 0 saturated carbocycles. The topological polar surface area (TPSA) is 77.0 Å². The van der Waals surface area contributed by atoms with Gasteiger partial charge in [0.2, 0.25) is 5.89 Å². The maximum Gasteiger partial charge on any atom is 0.223 e. The molecule has 0 unspecified atom stereocenters. The Labute approximate surface area is 86.6 Å². The zero-order chi connectivity index (χ0) is 10.7. The van der Waals surface area contributed by atoms with Gasteiger partial charge in [-0.05, 0) is 6.92 Å². The van der Waals surface area contributed by atoms with E-state index >= 15 is 0 Å². The first kappa shape index (κ1) is 9.85. The molecule has 0 spiro atoms. The SMILES string of the molecule is Cc1cc(CNCc2noc(C)n2)no1. The molecule has 0 aromatic carbocycles. The van der Waals surface area contributed by atoms with Crippen molar-refractivity contribution in [2.45, 2.75) is 26.9 Å². The van der Waals surface area contributed by atoms with E-state index in [0.29, 0.717) is 24.8 Å². The summed E-state index contributed by atoms with van der Waals surface area (Å²) in [6.45, 7) is 4.81. The molecule has 0 aliphatic carbocycles. The van der Waals surface area contributed by atoms with Crippen LogP contribution in [0.5, 0.6) is 0 Å². The minimum Gasteiger partial charge on any atom is -0.361 e. The fourth-order valence-corrected chi connectivity index (χ4v) is 1.22. The van der Waals surface area contributed by atoms with E-state index in [1.807, 2.05) is 13.0 Å². The molecule has 0 bridgehead atoms. The molecule has 0 atom stereocenters. The van der Waals surface area contributed by atoms with Crippen LogP contribution in [-0.2, 0) is 13.1 Å². The van der Waals surface area contributed by atoms with E-state index in [0.717, 1.165) is 11.5 Å². The standard InChI is InChI=1S/C9H12N4O2/c1-6-3-8(12-14-6)4-10-5-9-11-7(2)15-13-9/h3,10H,4-5H2,1-2H3. The second-order valence-electron chi connectivity index (χ2n) is 3.26. The van der Waals surface area contributed by atoms with Gasteiger partial charge in [0.15, 0.2) is 5.82 Å². The molecule has 0 aliphatic heterocycles. The Kier molecular flexibility index (Phi) is 2.77. The highest BCUT2D eigenvalue weighted by Crippen LogP contribution is 2.01. The van der Waals surface area contributed by atoms with Crippen LogP contribution in [-0.4, -0.2) is 15.3 Å². The van der Waals surface area contributed by atoms with Gasteiger partial charge < -0.3 is 14.4 Å². The van der Waals surface area contributed by atoms with Crippen LogP contribution in [0.2, 0.25) is 0 Å². The normalized spacial score (nSPS) is 10.8. The lowest BCUT2D eigenvalue weighted by Gasteiger charge is -1.95. The van der Waals surface area contributed by atoms with Crippen molar-refractivity contribution in [3.05, 3.63) is 29.2 Å². The summed E-state index contributed by atoms with van der Waals surface area (Å²) in [5, 5.41) is 10.7. The summed E-state index contributed by atoms with van der Waals surface area (Å²) in [5.41, 5.74) is 0.868. The van der Waals surface area contributed by atoms with E-state index in [9.17, 15) is 0 Å². The zero-order valence-corrected chi connectivity index (χ0v) is 8.65. The molecule has 0 fully saturated rings. The van der Waals surface area contributed by atoms with Crippen molar-refractivity contribution < 1.29 is 9.05 Å². The Morgan fingerprint density at radius 2 is 2.07 bits per heavy atom. The number of aromatic nitrogens is 3. The van der Waals surface area contributed by atoms with Gasteiger partial charge in [0.25, 0.3) is 0 Å². The van der Waals surface area contributed by atoms with Gasteiger partial charge in [-0.15, -0.1) is 0 Å². The molecule has 0 radical (unpaired) electrons. The predicted molar refractivity (Wildman–Crippen MR) is 50.8 cm³/mol. The van der Waals surface area contributed by atoms with Crippen molar-refractivity contribution in [1.82, 2.24) is 20.6 Å². The summed E-state index contributed by atoms with van der Waals surface area (Å²) < 4.78 is 9.77. The highest BCUT2D eigenvalue weighted by Gasteiger charge is 2.03. The summed E-state index contributed by atoms with van der Waals surface area (Å²) in [5.74, 6) is 2.03. The zero-order valence-electron chi connectivity index (χ0n) is 8.65. The Bertz CT molecular complexity index is 395. The van der Waals surface area contributed by atoms with Gasteiger partial charge in [0.05, 0.1) is 12.2 Å². The summed E-state index contributed by atoms with van der Waals surface area (Å²) in [6, 6.07) is 1.88. The molecule has 80 valence electrons. The second-order valence-corrected chi connectivity index (χ2v) is 3.26. The maximum atomic E-state index is 4.93. The summed E-state index contributed by atoms with van der Waals surface area (Å²) >= 11 is 0. The minimum atomic E-state index is 0.559. The molecule has 2 heterocycles. The van der Waals surface area contributed by atoms with Crippen molar-refractivity contribution in [3.8, 4) is 0 Å². The van der Waals surface area contributed by atoms with E-state index < -0.39 is 0 Å². The van der Waals surface area contributed by atoms with E-state index in [1.165, 1.54) is 0 Å². The fourth-order valence-electron chi connectivity index (χ4n) is 1.22. The molecule has 2 aromatic heterocycles. The quantitative estimate of drug-likeness (QED) is 0.806. The maximum absolute atomic E-state index is 4.93. The van der Waals surface area contributed by atoms with Crippen LogP contribution >= 0.6 is 0 Å². The third-order valence-electron chi connectivity index (χ3n) is 1.84. The van der Waals surface area contributed by atoms with E-state index in [-0.39, 0.29) is 0 Å². The fraction of sp³-hybridized carbons (Fsp3) is 0.444. The van der Waals surface area contributed by atoms with Gasteiger partial charge in [0, 0.05) is 19.5 Å². The lowest BCUT2D eigenvalue weighted by Crippen LogP contribution is -2.13. The molecular weight excluding hydrogens is 196 g/mol. The van der Waals surface area contributed by atoms with Crippen LogP contribution in [0.25, 0.3) is 0 Å². The third-order valence-corrected chi connectivity index (χ3v) is 1.84.